The Labute approximate surface area is 119 Å². The summed E-state index contributed by atoms with van der Waals surface area (Å²) in [6.45, 7) is 0. The van der Waals surface area contributed by atoms with Crippen LogP contribution in [0.3, 0.4) is 0 Å². The van der Waals surface area contributed by atoms with Crippen LogP contribution in [0.1, 0.15) is 10.4 Å². The minimum atomic E-state index is -1.40. The lowest BCUT2D eigenvalue weighted by Crippen LogP contribution is -2.04. The maximum Gasteiger partial charge on any atom is 0.342 e. The molecule has 0 radical (unpaired) electrons. The summed E-state index contributed by atoms with van der Waals surface area (Å²) < 4.78 is 10.5. The zero-order valence-corrected chi connectivity index (χ0v) is 11.0. The maximum absolute atomic E-state index is 11.1. The average molecular weight is 289 g/mol. The predicted octanol–water partition coefficient (Wildman–Crippen LogP) is 3.09. The molecule has 0 aliphatic heterocycles. The average Bonchev–Trinajstić information content (AvgIpc) is 2.47. The van der Waals surface area contributed by atoms with Gasteiger partial charge in [-0.25, -0.2) is 4.79 Å². The molecule has 2 aromatic carbocycles. The summed E-state index contributed by atoms with van der Waals surface area (Å²) >= 11 is 0. The van der Waals surface area contributed by atoms with Crippen LogP contribution in [0.2, 0.25) is 0 Å². The van der Waals surface area contributed by atoms with Gasteiger partial charge in [-0.15, -0.1) is 0 Å². The van der Waals surface area contributed by atoms with Gasteiger partial charge >= 0.3 is 11.7 Å². The van der Waals surface area contributed by atoms with Gasteiger partial charge in [0.15, 0.2) is 11.5 Å². The Morgan fingerprint density at radius 3 is 2.29 bits per heavy atom. The van der Waals surface area contributed by atoms with Crippen molar-refractivity contribution in [2.24, 2.45) is 0 Å². The molecule has 0 aliphatic rings. The molecule has 0 spiro atoms. The molecule has 0 atom stereocenters. The van der Waals surface area contributed by atoms with Crippen molar-refractivity contribution in [3.63, 3.8) is 0 Å². The smallest absolute Gasteiger partial charge is 0.342 e. The van der Waals surface area contributed by atoms with Crippen molar-refractivity contribution in [3.8, 4) is 17.2 Å². The summed E-state index contributed by atoms with van der Waals surface area (Å²) in [6.07, 6.45) is 0. The highest BCUT2D eigenvalue weighted by molar-refractivity contribution is 5.93. The number of ether oxygens (including phenoxy) is 2. The molecule has 2 aromatic rings. The number of nitro groups is 1. The summed E-state index contributed by atoms with van der Waals surface area (Å²) in [5, 5.41) is 20.1. The van der Waals surface area contributed by atoms with Crippen LogP contribution < -0.4 is 9.47 Å². The third-order valence-corrected chi connectivity index (χ3v) is 2.70. The van der Waals surface area contributed by atoms with E-state index in [0.717, 1.165) is 6.07 Å². The van der Waals surface area contributed by atoms with E-state index in [-0.39, 0.29) is 11.5 Å². The van der Waals surface area contributed by atoms with Gasteiger partial charge in [0.2, 0.25) is 5.75 Å². The van der Waals surface area contributed by atoms with Crippen molar-refractivity contribution in [1.29, 1.82) is 0 Å². The lowest BCUT2D eigenvalue weighted by atomic mass is 10.1. The number of carboxylic acid groups (broad SMARTS) is 1. The summed E-state index contributed by atoms with van der Waals surface area (Å²) in [7, 11) is 1.43. The third-order valence-electron chi connectivity index (χ3n) is 2.70. The van der Waals surface area contributed by atoms with Gasteiger partial charge in [-0.1, -0.05) is 18.2 Å². The summed E-state index contributed by atoms with van der Waals surface area (Å²) in [4.78, 5) is 21.4. The van der Waals surface area contributed by atoms with Gasteiger partial charge in [-0.3, -0.25) is 10.1 Å². The molecule has 0 fully saturated rings. The van der Waals surface area contributed by atoms with E-state index in [4.69, 9.17) is 14.6 Å². The number of hydrogen-bond acceptors (Lipinski definition) is 5. The second-order valence-corrected chi connectivity index (χ2v) is 3.97. The van der Waals surface area contributed by atoms with Crippen molar-refractivity contribution >= 4 is 11.7 Å². The molecular formula is C14H11NO6. The minimum Gasteiger partial charge on any atom is -0.493 e. The zero-order chi connectivity index (χ0) is 15.4. The Balaban J connectivity index is 2.52. The molecule has 0 heterocycles. The first kappa shape index (κ1) is 14.3. The fourth-order valence-electron chi connectivity index (χ4n) is 1.79. The van der Waals surface area contributed by atoms with E-state index in [1.807, 2.05) is 0 Å². The van der Waals surface area contributed by atoms with Crippen LogP contribution in [0.15, 0.2) is 42.5 Å². The first-order chi connectivity index (χ1) is 10.0. The molecule has 0 bridgehead atoms. The molecule has 1 N–H and O–H groups in total. The standard InChI is InChI=1S/C14H11NO6/c1-20-10-6-2-3-7-11(10)21-12-8-4-5-9(14(16)17)13(12)15(18)19/h2-8H,1H3,(H,16,17). The molecule has 0 aliphatic carbocycles. The van der Waals surface area contributed by atoms with Gasteiger partial charge in [-0.2, -0.15) is 0 Å². The Morgan fingerprint density at radius 2 is 1.71 bits per heavy atom. The molecule has 7 nitrogen and oxygen atoms in total. The van der Waals surface area contributed by atoms with Crippen LogP contribution in [-0.4, -0.2) is 23.1 Å². The fourth-order valence-corrected chi connectivity index (χ4v) is 1.79. The van der Waals surface area contributed by atoms with Gasteiger partial charge in [0.1, 0.15) is 5.56 Å². The second kappa shape index (κ2) is 5.91. The van der Waals surface area contributed by atoms with E-state index in [1.165, 1.54) is 19.2 Å². The van der Waals surface area contributed by atoms with Crippen molar-refractivity contribution in [2.45, 2.75) is 0 Å². The lowest BCUT2D eigenvalue weighted by molar-refractivity contribution is -0.386. The summed E-state index contributed by atoms with van der Waals surface area (Å²) in [5.74, 6) is -0.922. The largest absolute Gasteiger partial charge is 0.493 e. The van der Waals surface area contributed by atoms with Crippen LogP contribution in [0, 0.1) is 10.1 Å². The van der Waals surface area contributed by atoms with E-state index in [2.05, 4.69) is 0 Å². The van der Waals surface area contributed by atoms with Crippen LogP contribution >= 0.6 is 0 Å². The van der Waals surface area contributed by atoms with Crippen LogP contribution in [0.25, 0.3) is 0 Å². The van der Waals surface area contributed by atoms with Crippen LogP contribution in [0.5, 0.6) is 17.2 Å². The van der Waals surface area contributed by atoms with Crippen molar-refractivity contribution in [2.75, 3.05) is 7.11 Å². The number of aromatic carboxylic acids is 1. The number of methoxy groups -OCH3 is 1. The van der Waals surface area contributed by atoms with E-state index < -0.39 is 22.1 Å². The number of carbonyl (C=O) groups is 1. The molecule has 108 valence electrons. The topological polar surface area (TPSA) is 98.9 Å². The van der Waals surface area contributed by atoms with E-state index in [9.17, 15) is 14.9 Å². The highest BCUT2D eigenvalue weighted by atomic mass is 16.6. The third kappa shape index (κ3) is 2.92. The normalized spacial score (nSPS) is 9.95. The Kier molecular flexibility index (Phi) is 4.03. The van der Waals surface area contributed by atoms with Gasteiger partial charge in [0, 0.05) is 0 Å². The van der Waals surface area contributed by atoms with Crippen molar-refractivity contribution in [1.82, 2.24) is 0 Å². The zero-order valence-electron chi connectivity index (χ0n) is 11.0. The van der Waals surface area contributed by atoms with Gasteiger partial charge < -0.3 is 14.6 Å². The number of nitro benzene ring substituents is 1. The van der Waals surface area contributed by atoms with Crippen molar-refractivity contribution in [3.05, 3.63) is 58.1 Å². The Bertz CT molecular complexity index is 698. The highest BCUT2D eigenvalue weighted by Gasteiger charge is 2.26. The van der Waals surface area contributed by atoms with Gasteiger partial charge in [-0.05, 0) is 24.3 Å². The van der Waals surface area contributed by atoms with E-state index in [1.54, 1.807) is 24.3 Å². The predicted molar refractivity (Wildman–Crippen MR) is 73.1 cm³/mol. The molecule has 0 unspecified atom stereocenters. The lowest BCUT2D eigenvalue weighted by Gasteiger charge is -2.10. The number of hydrogen-bond donors (Lipinski definition) is 1. The van der Waals surface area contributed by atoms with Crippen LogP contribution in [-0.2, 0) is 0 Å². The van der Waals surface area contributed by atoms with Gasteiger partial charge in [0.05, 0.1) is 12.0 Å². The maximum atomic E-state index is 11.1. The Morgan fingerprint density at radius 1 is 1.10 bits per heavy atom. The SMILES string of the molecule is COc1ccccc1Oc1cccc(C(=O)O)c1[N+](=O)[O-]. The first-order valence-electron chi connectivity index (χ1n) is 5.86. The van der Waals surface area contributed by atoms with E-state index in [0.29, 0.717) is 5.75 Å². The quantitative estimate of drug-likeness (QED) is 0.670. The molecule has 0 saturated carbocycles. The number of benzene rings is 2. The monoisotopic (exact) mass is 289 g/mol. The minimum absolute atomic E-state index is 0.163. The molecule has 0 saturated heterocycles. The highest BCUT2D eigenvalue weighted by Crippen LogP contribution is 2.37. The Hall–Kier alpha value is -3.09. The molecule has 21 heavy (non-hydrogen) atoms. The number of carboxylic acids is 1. The van der Waals surface area contributed by atoms with Gasteiger partial charge in [0.25, 0.3) is 0 Å². The fraction of sp³-hybridized carbons (Fsp3) is 0.0714. The van der Waals surface area contributed by atoms with E-state index >= 15 is 0 Å². The summed E-state index contributed by atoms with van der Waals surface area (Å²) in [5.41, 5.74) is -1.04. The molecule has 2 rings (SSSR count). The summed E-state index contributed by atoms with van der Waals surface area (Å²) in [6, 6.07) is 10.4. The number of rotatable bonds is 5. The number of nitrogens with zero attached hydrogens (tertiary/aromatic N) is 1. The van der Waals surface area contributed by atoms with Crippen LogP contribution in [0.4, 0.5) is 5.69 Å². The molecular weight excluding hydrogens is 278 g/mol. The molecule has 0 aromatic heterocycles. The molecule has 0 amide bonds. The number of para-hydroxylation sites is 3. The first-order valence-corrected chi connectivity index (χ1v) is 5.86. The van der Waals surface area contributed by atoms with Crippen molar-refractivity contribution < 1.29 is 24.3 Å². The molecule has 7 heteroatoms. The second-order valence-electron chi connectivity index (χ2n) is 3.97.